The average molecular weight is 1310 g/mol. The third-order valence-electron chi connectivity index (χ3n) is 14.6. The highest BCUT2D eigenvalue weighted by Gasteiger charge is 2.29. The molecule has 0 saturated heterocycles. The van der Waals surface area contributed by atoms with Crippen LogP contribution in [0.2, 0.25) is 0 Å². The van der Waals surface area contributed by atoms with Crippen molar-refractivity contribution in [2.45, 2.75) is 108 Å². The second kappa shape index (κ2) is 38.8. The molecule has 0 bridgehead atoms. The molecule has 0 spiro atoms. The van der Waals surface area contributed by atoms with Gasteiger partial charge in [-0.25, -0.2) is 0 Å². The lowest BCUT2D eigenvalue weighted by Gasteiger charge is -2.21. The number of carbonyl (C=O) groups excluding carboxylic acids is 8. The van der Waals surface area contributed by atoms with Crippen LogP contribution >= 0.6 is 0 Å². The minimum absolute atomic E-state index is 0.0285. The highest BCUT2D eigenvalue weighted by atomic mass is 16.5. The van der Waals surface area contributed by atoms with Gasteiger partial charge in [-0.3, -0.25) is 64.8 Å². The highest BCUT2D eigenvalue weighted by molar-refractivity contribution is 6.04. The zero-order valence-electron chi connectivity index (χ0n) is 53.1. The predicted molar refractivity (Wildman–Crippen MR) is 350 cm³/mol. The van der Waals surface area contributed by atoms with Crippen molar-refractivity contribution in [3.05, 3.63) is 117 Å². The van der Waals surface area contributed by atoms with Gasteiger partial charge in [-0.15, -0.1) is 0 Å². The van der Waals surface area contributed by atoms with Gasteiger partial charge in [-0.1, -0.05) is 24.3 Å². The van der Waals surface area contributed by atoms with Crippen LogP contribution in [0.15, 0.2) is 72.8 Å². The van der Waals surface area contributed by atoms with Crippen LogP contribution in [0.1, 0.15) is 121 Å². The number of methoxy groups -OCH3 is 4. The summed E-state index contributed by atoms with van der Waals surface area (Å²) in [5, 5.41) is 60.7. The largest absolute Gasteiger partial charge is 0.496 e. The van der Waals surface area contributed by atoms with Crippen molar-refractivity contribution in [1.82, 2.24) is 42.5 Å². The molecule has 0 aliphatic carbocycles. The number of aliphatic carboxylic acids is 1. The van der Waals surface area contributed by atoms with Crippen LogP contribution in [0, 0.1) is 21.6 Å². The van der Waals surface area contributed by atoms with E-state index in [4.69, 9.17) is 74.4 Å². The normalized spacial score (nSPS) is 12.0. The van der Waals surface area contributed by atoms with Gasteiger partial charge in [0, 0.05) is 58.4 Å². The molecular weight excluding hydrogens is 1220 g/mol. The second-order valence-electron chi connectivity index (χ2n) is 21.7. The molecule has 31 heteroatoms. The van der Waals surface area contributed by atoms with Crippen LogP contribution in [0.3, 0.4) is 0 Å². The van der Waals surface area contributed by atoms with Gasteiger partial charge in [0.05, 0.1) is 81.3 Å². The zero-order valence-corrected chi connectivity index (χ0v) is 53.1. The molecular formula is C63H87N17O14. The van der Waals surface area contributed by atoms with E-state index in [1.807, 2.05) is 0 Å². The number of hydrogen-bond donors (Lipinski definition) is 18. The smallest absolute Gasteiger partial charge is 0.305 e. The maximum Gasteiger partial charge on any atom is 0.305 e. The Morgan fingerprint density at radius 2 is 0.660 bits per heavy atom. The van der Waals surface area contributed by atoms with Crippen molar-refractivity contribution >= 4 is 76.6 Å². The topological polar surface area (TPSA) is 533 Å². The first-order valence-corrected chi connectivity index (χ1v) is 30.1. The molecule has 0 aliphatic rings. The Labute approximate surface area is 543 Å². The van der Waals surface area contributed by atoms with Crippen molar-refractivity contribution < 1.29 is 67.2 Å². The van der Waals surface area contributed by atoms with E-state index in [1.165, 1.54) is 77.0 Å². The summed E-state index contributed by atoms with van der Waals surface area (Å²) in [6.45, 7) is 0.693. The summed E-state index contributed by atoms with van der Waals surface area (Å²) in [5.41, 5.74) is 29.5. The molecule has 4 aromatic rings. The van der Waals surface area contributed by atoms with Crippen molar-refractivity contribution in [2.75, 3.05) is 61.2 Å². The van der Waals surface area contributed by atoms with E-state index in [1.54, 1.807) is 24.3 Å². The lowest BCUT2D eigenvalue weighted by atomic mass is 9.96. The zero-order chi connectivity index (χ0) is 69.4. The Bertz CT molecular complexity index is 3400. The summed E-state index contributed by atoms with van der Waals surface area (Å²) in [6, 6.07) is 13.6. The Kier molecular flexibility index (Phi) is 31.2. The van der Waals surface area contributed by atoms with E-state index in [-0.39, 0.29) is 172 Å². The van der Waals surface area contributed by atoms with Gasteiger partial charge in [0.15, 0.2) is 47.0 Å². The van der Waals surface area contributed by atoms with E-state index in [0.717, 1.165) is 0 Å². The molecule has 0 saturated carbocycles. The molecule has 0 unspecified atom stereocenters. The third-order valence-corrected chi connectivity index (χ3v) is 14.6. The van der Waals surface area contributed by atoms with Crippen molar-refractivity contribution in [3.63, 3.8) is 0 Å². The van der Waals surface area contributed by atoms with Crippen molar-refractivity contribution in [2.24, 2.45) is 28.7 Å². The number of ketones is 4. The highest BCUT2D eigenvalue weighted by Crippen LogP contribution is 2.26. The fraction of sp³-hybridized carbons (Fsp3) is 0.413. The quantitative estimate of drug-likeness (QED) is 0.0159. The molecule has 4 atom stereocenters. The van der Waals surface area contributed by atoms with Crippen LogP contribution in [-0.4, -0.2) is 167 Å². The van der Waals surface area contributed by atoms with Gasteiger partial charge >= 0.3 is 5.97 Å². The fourth-order valence-corrected chi connectivity index (χ4v) is 9.80. The Morgan fingerprint density at radius 1 is 0.394 bits per heavy atom. The van der Waals surface area contributed by atoms with Crippen LogP contribution in [-0.2, 0) is 49.7 Å². The SMILES string of the molecule is COc1ccc(CC(=O)[C@H](CCCNC(=N)N)NC(=O)c2cc(CC(=O)[C@H](CCCNC(=N)N)NC(=O)c3cc(CC(=O)[C@H](CCCNC(=N)N)NC(=O)c4cc(CC(=O)[C@@H](N)CCCNC(=N)N)ccc4OC)ccc3OC)ccc2OC)cc1C(=O)NCCC(=O)O. The maximum absolute atomic E-state index is 14.5. The summed E-state index contributed by atoms with van der Waals surface area (Å²) in [7, 11) is 5.35. The lowest BCUT2D eigenvalue weighted by molar-refractivity contribution is -0.137. The van der Waals surface area contributed by atoms with Gasteiger partial charge in [0.25, 0.3) is 23.6 Å². The van der Waals surface area contributed by atoms with Gasteiger partial charge in [0.2, 0.25) is 0 Å². The monoisotopic (exact) mass is 1310 g/mol. The molecule has 31 nitrogen and oxygen atoms in total. The Balaban J connectivity index is 1.60. The molecule has 94 heavy (non-hydrogen) atoms. The molecule has 508 valence electrons. The minimum atomic E-state index is -1.20. The fourth-order valence-electron chi connectivity index (χ4n) is 9.80. The number of carbonyl (C=O) groups is 9. The van der Waals surface area contributed by atoms with E-state index in [9.17, 15) is 43.2 Å². The molecule has 23 N–H and O–H groups in total. The number of nitrogens with one attached hydrogen (secondary N) is 12. The number of nitrogens with two attached hydrogens (primary N) is 5. The molecule has 0 fully saturated rings. The van der Waals surface area contributed by atoms with Gasteiger partial charge in [0.1, 0.15) is 23.0 Å². The lowest BCUT2D eigenvalue weighted by Crippen LogP contribution is -2.43. The number of ether oxygens (including phenoxy) is 4. The average Bonchev–Trinajstić information content (AvgIpc) is 0.925. The number of Topliss-reactive ketones (excluding diaryl/α,β-unsaturated/α-hetero) is 4. The van der Waals surface area contributed by atoms with Crippen LogP contribution < -0.4 is 90.2 Å². The molecule has 0 aromatic heterocycles. The second-order valence-corrected chi connectivity index (χ2v) is 21.7. The molecule has 0 aliphatic heterocycles. The summed E-state index contributed by atoms with van der Waals surface area (Å²) >= 11 is 0. The predicted octanol–water partition coefficient (Wildman–Crippen LogP) is 0.148. The molecule has 4 aromatic carbocycles. The van der Waals surface area contributed by atoms with Crippen LogP contribution in [0.5, 0.6) is 23.0 Å². The molecule has 4 amide bonds. The number of carboxylic acid groups (broad SMARTS) is 1. The van der Waals surface area contributed by atoms with Crippen LogP contribution in [0.25, 0.3) is 0 Å². The molecule has 4 rings (SSSR count). The number of rotatable bonds is 42. The van der Waals surface area contributed by atoms with Crippen molar-refractivity contribution in [1.29, 1.82) is 21.6 Å². The third kappa shape index (κ3) is 25.4. The first kappa shape index (κ1) is 75.6. The molecule has 0 radical (unpaired) electrons. The van der Waals surface area contributed by atoms with E-state index in [2.05, 4.69) is 42.5 Å². The summed E-state index contributed by atoms with van der Waals surface area (Å²) in [4.78, 5) is 123. The Hall–Kier alpha value is -10.9. The number of benzene rings is 4. The van der Waals surface area contributed by atoms with E-state index < -0.39 is 71.1 Å². The summed E-state index contributed by atoms with van der Waals surface area (Å²) in [5.74, 6) is -6.38. The summed E-state index contributed by atoms with van der Waals surface area (Å²) in [6.07, 6.45) is 0.333. The first-order chi connectivity index (χ1) is 44.8. The van der Waals surface area contributed by atoms with E-state index in [0.29, 0.717) is 41.6 Å². The maximum atomic E-state index is 14.5. The van der Waals surface area contributed by atoms with Gasteiger partial charge in [-0.2, -0.15) is 0 Å². The van der Waals surface area contributed by atoms with Crippen LogP contribution in [0.4, 0.5) is 0 Å². The number of amides is 4. The number of hydrogen-bond acceptors (Lipinski definition) is 18. The number of carboxylic acids is 1. The first-order valence-electron chi connectivity index (χ1n) is 30.1. The summed E-state index contributed by atoms with van der Waals surface area (Å²) < 4.78 is 22.0. The van der Waals surface area contributed by atoms with E-state index >= 15 is 0 Å². The van der Waals surface area contributed by atoms with Gasteiger partial charge < -0.3 is 95.3 Å². The minimum Gasteiger partial charge on any atom is -0.496 e. The van der Waals surface area contributed by atoms with Gasteiger partial charge in [-0.05, 0) is 122 Å². The van der Waals surface area contributed by atoms with Crippen molar-refractivity contribution in [3.8, 4) is 23.0 Å². The molecule has 0 heterocycles. The standard InChI is InChI=1S/C63H87N17O14/c1-91-51-17-14-36(27-39(51)56(87)73-26-21-55(85)86)32-48(82)44(10-6-23-75-61(67)68)79-58(89)41-29-38(16-19-53(41)93-3)34-50(84)46(12-8-25-77-63(71)72)80-59(90)42-30-37(15-20-54(42)94-4)33-49(83)45(11-7-24-76-62(69)70)78-57(88)40-28-35(13-18-52(40)92-2)31-47(81)43(64)9-5-22-74-60(65)66/h13-20,27-30,43-46H,5-12,21-26,31-34,64H2,1-4H3,(H,73,87)(H,78,88)(H,79,89)(H,80,90)(H,85,86)(H4,65,66,74)(H4,67,68,75)(H4,69,70,76)(H4,71,72,77)/t43-,44-,45-,46-/m0/s1. The number of guanidine groups is 4. The Morgan fingerprint density at radius 3 is 0.926 bits per heavy atom.